The molecule has 0 saturated carbocycles. The van der Waals surface area contributed by atoms with Crippen LogP contribution in [0.1, 0.15) is 18.6 Å². The highest BCUT2D eigenvalue weighted by atomic mass is 35.5. The summed E-state index contributed by atoms with van der Waals surface area (Å²) in [6, 6.07) is 6.77. The van der Waals surface area contributed by atoms with Gasteiger partial charge in [0.2, 0.25) is 0 Å². The quantitative estimate of drug-likeness (QED) is 0.737. The Balaban J connectivity index is 2.82. The summed E-state index contributed by atoms with van der Waals surface area (Å²) in [5, 5.41) is 10.2. The van der Waals surface area contributed by atoms with Crippen molar-refractivity contribution in [1.82, 2.24) is 0 Å². The molecule has 0 aliphatic heterocycles. The third-order valence-corrected chi connectivity index (χ3v) is 1.96. The largest absolute Gasteiger partial charge is 0.387 e. The van der Waals surface area contributed by atoms with Crippen LogP contribution in [0.5, 0.6) is 0 Å². The Morgan fingerprint density at radius 2 is 1.83 bits per heavy atom. The Labute approximate surface area is 77.0 Å². The maximum Gasteiger partial charge on any atom is 0.0938 e. The van der Waals surface area contributed by atoms with Crippen LogP contribution in [0, 0.1) is 0 Å². The van der Waals surface area contributed by atoms with E-state index < -0.39 is 6.10 Å². The van der Waals surface area contributed by atoms with Crippen molar-refractivity contribution in [2.45, 2.75) is 19.1 Å². The van der Waals surface area contributed by atoms with Gasteiger partial charge in [0.15, 0.2) is 0 Å². The summed E-state index contributed by atoms with van der Waals surface area (Å²) in [4.78, 5) is 0. The molecule has 0 spiro atoms. The predicted octanol–water partition coefficient (Wildman–Crippen LogP) is 1.72. The molecule has 0 bridgehead atoms. The third kappa shape index (κ3) is 2.21. The lowest BCUT2D eigenvalue weighted by Crippen LogP contribution is -2.24. The first-order valence-electron chi connectivity index (χ1n) is 3.80. The van der Waals surface area contributed by atoms with Crippen molar-refractivity contribution in [2.24, 2.45) is 5.73 Å². The molecule has 0 aliphatic rings. The summed E-state index contributed by atoms with van der Waals surface area (Å²) in [5.41, 5.74) is 6.32. The van der Waals surface area contributed by atoms with Gasteiger partial charge in [-0.25, -0.2) is 0 Å². The van der Waals surface area contributed by atoms with Crippen molar-refractivity contribution in [2.75, 3.05) is 0 Å². The van der Waals surface area contributed by atoms with Crippen molar-refractivity contribution >= 4 is 11.6 Å². The first-order valence-corrected chi connectivity index (χ1v) is 4.18. The van der Waals surface area contributed by atoms with E-state index in [-0.39, 0.29) is 6.04 Å². The zero-order valence-corrected chi connectivity index (χ0v) is 7.62. The van der Waals surface area contributed by atoms with E-state index in [0.717, 1.165) is 5.56 Å². The van der Waals surface area contributed by atoms with Gasteiger partial charge in [0, 0.05) is 11.1 Å². The lowest BCUT2D eigenvalue weighted by atomic mass is 10.0. The zero-order valence-electron chi connectivity index (χ0n) is 6.87. The zero-order chi connectivity index (χ0) is 9.14. The summed E-state index contributed by atoms with van der Waals surface area (Å²) >= 11 is 5.68. The Hall–Kier alpha value is -0.570. The van der Waals surface area contributed by atoms with Crippen LogP contribution in [0.15, 0.2) is 24.3 Å². The molecule has 3 N–H and O–H groups in total. The molecule has 1 rings (SSSR count). The lowest BCUT2D eigenvalue weighted by molar-refractivity contribution is 0.153. The second kappa shape index (κ2) is 3.90. The number of aliphatic hydroxyl groups is 1. The minimum atomic E-state index is -0.609. The summed E-state index contributed by atoms with van der Waals surface area (Å²) in [6.45, 7) is 1.76. The van der Waals surface area contributed by atoms with E-state index in [1.807, 2.05) is 0 Å². The van der Waals surface area contributed by atoms with E-state index in [0.29, 0.717) is 5.02 Å². The molecule has 0 unspecified atom stereocenters. The van der Waals surface area contributed by atoms with Crippen LogP contribution in [0.4, 0.5) is 0 Å². The molecule has 0 radical (unpaired) electrons. The molecular weight excluding hydrogens is 174 g/mol. The Morgan fingerprint density at radius 1 is 1.33 bits per heavy atom. The van der Waals surface area contributed by atoms with Crippen LogP contribution < -0.4 is 5.73 Å². The Morgan fingerprint density at radius 3 is 2.25 bits per heavy atom. The van der Waals surface area contributed by atoms with Crippen molar-refractivity contribution in [3.8, 4) is 0 Å². The first kappa shape index (κ1) is 9.52. The monoisotopic (exact) mass is 185 g/mol. The smallest absolute Gasteiger partial charge is 0.0938 e. The number of hydrogen-bond donors (Lipinski definition) is 2. The van der Waals surface area contributed by atoms with Gasteiger partial charge in [0.05, 0.1) is 6.10 Å². The van der Waals surface area contributed by atoms with Gasteiger partial charge >= 0.3 is 0 Å². The highest BCUT2D eigenvalue weighted by molar-refractivity contribution is 6.30. The van der Waals surface area contributed by atoms with Gasteiger partial charge in [-0.3, -0.25) is 0 Å². The molecule has 2 atom stereocenters. The lowest BCUT2D eigenvalue weighted by Gasteiger charge is -2.14. The third-order valence-electron chi connectivity index (χ3n) is 1.71. The van der Waals surface area contributed by atoms with Crippen LogP contribution in [-0.4, -0.2) is 11.1 Å². The highest BCUT2D eigenvalue weighted by Crippen LogP contribution is 2.17. The average molecular weight is 186 g/mol. The maximum absolute atomic E-state index is 9.52. The second-order valence-electron chi connectivity index (χ2n) is 2.86. The van der Waals surface area contributed by atoms with Crippen LogP contribution in [0.25, 0.3) is 0 Å². The number of rotatable bonds is 2. The molecule has 1 aromatic rings. The maximum atomic E-state index is 9.52. The second-order valence-corrected chi connectivity index (χ2v) is 3.29. The van der Waals surface area contributed by atoms with E-state index in [1.165, 1.54) is 0 Å². The number of aliphatic hydroxyl groups excluding tert-OH is 1. The van der Waals surface area contributed by atoms with Crippen molar-refractivity contribution in [3.63, 3.8) is 0 Å². The summed E-state index contributed by atoms with van der Waals surface area (Å²) < 4.78 is 0. The average Bonchev–Trinajstić information content (AvgIpc) is 2.04. The van der Waals surface area contributed by atoms with Crippen LogP contribution in [0.2, 0.25) is 5.02 Å². The number of halogens is 1. The molecule has 3 heteroatoms. The van der Waals surface area contributed by atoms with Gasteiger partial charge in [0.25, 0.3) is 0 Å². The highest BCUT2D eigenvalue weighted by Gasteiger charge is 2.11. The fraction of sp³-hybridized carbons (Fsp3) is 0.333. The molecule has 1 aromatic carbocycles. The van der Waals surface area contributed by atoms with E-state index in [9.17, 15) is 5.11 Å². The van der Waals surface area contributed by atoms with Gasteiger partial charge in [0.1, 0.15) is 0 Å². The first-order chi connectivity index (χ1) is 5.61. The fourth-order valence-electron chi connectivity index (χ4n) is 0.964. The van der Waals surface area contributed by atoms with Crippen molar-refractivity contribution in [1.29, 1.82) is 0 Å². The van der Waals surface area contributed by atoms with Crippen LogP contribution >= 0.6 is 11.6 Å². The fourth-order valence-corrected chi connectivity index (χ4v) is 1.09. The summed E-state index contributed by atoms with van der Waals surface area (Å²) in [5.74, 6) is 0. The molecule has 0 fully saturated rings. The van der Waals surface area contributed by atoms with Crippen molar-refractivity contribution < 1.29 is 5.11 Å². The number of nitrogens with two attached hydrogens (primary N) is 1. The number of benzene rings is 1. The molecule has 2 nitrogen and oxygen atoms in total. The molecule has 0 amide bonds. The van der Waals surface area contributed by atoms with E-state index >= 15 is 0 Å². The molecule has 12 heavy (non-hydrogen) atoms. The van der Waals surface area contributed by atoms with Crippen molar-refractivity contribution in [3.05, 3.63) is 34.9 Å². The van der Waals surface area contributed by atoms with Crippen LogP contribution in [-0.2, 0) is 0 Å². The minimum absolute atomic E-state index is 0.258. The van der Waals surface area contributed by atoms with Gasteiger partial charge in [-0.2, -0.15) is 0 Å². The Bertz CT molecular complexity index is 245. The Kier molecular flexibility index (Phi) is 3.09. The molecule has 0 aliphatic carbocycles. The molecule has 0 heterocycles. The van der Waals surface area contributed by atoms with Gasteiger partial charge in [-0.1, -0.05) is 23.7 Å². The molecular formula is C9H12ClNO. The number of hydrogen-bond acceptors (Lipinski definition) is 2. The van der Waals surface area contributed by atoms with E-state index in [1.54, 1.807) is 31.2 Å². The summed E-state index contributed by atoms with van der Waals surface area (Å²) in [6.07, 6.45) is -0.609. The van der Waals surface area contributed by atoms with E-state index in [2.05, 4.69) is 0 Å². The SMILES string of the molecule is C[C@H](N)[C@@H](O)c1ccc(Cl)cc1. The van der Waals surface area contributed by atoms with Gasteiger partial charge in [-0.05, 0) is 24.6 Å². The minimum Gasteiger partial charge on any atom is -0.387 e. The molecule has 0 saturated heterocycles. The predicted molar refractivity (Wildman–Crippen MR) is 50.1 cm³/mol. The summed E-state index contributed by atoms with van der Waals surface area (Å²) in [7, 11) is 0. The molecule has 0 aromatic heterocycles. The van der Waals surface area contributed by atoms with Gasteiger partial charge < -0.3 is 10.8 Å². The normalized spacial score (nSPS) is 15.7. The topological polar surface area (TPSA) is 46.2 Å². The van der Waals surface area contributed by atoms with Gasteiger partial charge in [-0.15, -0.1) is 0 Å². The van der Waals surface area contributed by atoms with Crippen LogP contribution in [0.3, 0.4) is 0 Å². The standard InChI is InChI=1S/C9H12ClNO/c1-6(11)9(12)7-2-4-8(10)5-3-7/h2-6,9,12H,11H2,1H3/t6-,9+/m0/s1. The molecule has 66 valence electrons. The van der Waals surface area contributed by atoms with E-state index in [4.69, 9.17) is 17.3 Å².